The minimum atomic E-state index is -0.216. The van der Waals surface area contributed by atoms with E-state index in [1.807, 2.05) is 0 Å². The van der Waals surface area contributed by atoms with Gasteiger partial charge in [0.15, 0.2) is 5.78 Å². The largest absolute Gasteiger partial charge is 0.376 e. The highest BCUT2D eigenvalue weighted by Gasteiger charge is 2.05. The summed E-state index contributed by atoms with van der Waals surface area (Å²) in [7, 11) is 0. The van der Waals surface area contributed by atoms with E-state index >= 15 is 0 Å². The fraction of sp³-hybridized carbons (Fsp3) is 0.125. The molecule has 0 radical (unpaired) electrons. The lowest BCUT2D eigenvalue weighted by Crippen LogP contribution is -2.21. The van der Waals surface area contributed by atoms with Gasteiger partial charge in [-0.3, -0.25) is 9.59 Å². The standard InChI is InChI=1S/C16H14Cl2N2O2/c1-10(21)11-2-4-14(5-3-11)20-16(22)9-19-15-7-12(17)6-13(18)8-15/h2-8,19H,9H2,1H3,(H,20,22). The fourth-order valence-corrected chi connectivity index (χ4v) is 2.36. The van der Waals surface area contributed by atoms with Crippen molar-refractivity contribution in [2.45, 2.75) is 6.92 Å². The van der Waals surface area contributed by atoms with E-state index in [1.165, 1.54) is 6.92 Å². The van der Waals surface area contributed by atoms with Gasteiger partial charge in [0, 0.05) is 27.0 Å². The van der Waals surface area contributed by atoms with Crippen LogP contribution in [-0.4, -0.2) is 18.2 Å². The number of nitrogens with one attached hydrogen (secondary N) is 2. The molecule has 0 aliphatic heterocycles. The monoisotopic (exact) mass is 336 g/mol. The number of halogens is 2. The second kappa shape index (κ2) is 7.29. The van der Waals surface area contributed by atoms with Crippen LogP contribution in [0.2, 0.25) is 10.0 Å². The van der Waals surface area contributed by atoms with Crippen LogP contribution in [-0.2, 0) is 4.79 Å². The number of benzene rings is 2. The van der Waals surface area contributed by atoms with E-state index in [-0.39, 0.29) is 18.2 Å². The molecule has 114 valence electrons. The predicted molar refractivity (Wildman–Crippen MR) is 90.0 cm³/mol. The van der Waals surface area contributed by atoms with Gasteiger partial charge in [0.25, 0.3) is 0 Å². The maximum absolute atomic E-state index is 11.9. The molecule has 1 amide bonds. The maximum Gasteiger partial charge on any atom is 0.243 e. The molecular weight excluding hydrogens is 323 g/mol. The molecule has 0 unspecified atom stereocenters. The molecule has 2 aromatic carbocycles. The Morgan fingerprint density at radius 2 is 1.55 bits per heavy atom. The SMILES string of the molecule is CC(=O)c1ccc(NC(=O)CNc2cc(Cl)cc(Cl)c2)cc1. The van der Waals surface area contributed by atoms with E-state index in [0.29, 0.717) is 27.0 Å². The van der Waals surface area contributed by atoms with Gasteiger partial charge in [-0.2, -0.15) is 0 Å². The zero-order valence-corrected chi connectivity index (χ0v) is 13.3. The third-order valence-corrected chi connectivity index (χ3v) is 3.33. The highest BCUT2D eigenvalue weighted by molar-refractivity contribution is 6.35. The minimum absolute atomic E-state index is 0.0163. The number of carbonyl (C=O) groups is 2. The van der Waals surface area contributed by atoms with Crippen molar-refractivity contribution in [3.8, 4) is 0 Å². The van der Waals surface area contributed by atoms with Crippen LogP contribution < -0.4 is 10.6 Å². The number of rotatable bonds is 5. The third-order valence-electron chi connectivity index (χ3n) is 2.89. The van der Waals surface area contributed by atoms with Crippen LogP contribution in [0.1, 0.15) is 17.3 Å². The number of hydrogen-bond acceptors (Lipinski definition) is 3. The molecule has 0 saturated heterocycles. The summed E-state index contributed by atoms with van der Waals surface area (Å²) in [5.41, 5.74) is 1.89. The summed E-state index contributed by atoms with van der Waals surface area (Å²) in [5.74, 6) is -0.232. The van der Waals surface area contributed by atoms with Crippen molar-refractivity contribution in [3.63, 3.8) is 0 Å². The molecule has 6 heteroatoms. The van der Waals surface area contributed by atoms with Crippen LogP contribution >= 0.6 is 23.2 Å². The lowest BCUT2D eigenvalue weighted by molar-refractivity contribution is -0.114. The normalized spacial score (nSPS) is 10.1. The van der Waals surface area contributed by atoms with Crippen molar-refractivity contribution in [2.24, 2.45) is 0 Å². The average molecular weight is 337 g/mol. The van der Waals surface area contributed by atoms with Gasteiger partial charge < -0.3 is 10.6 Å². The van der Waals surface area contributed by atoms with Crippen LogP contribution in [0.5, 0.6) is 0 Å². The number of anilines is 2. The first-order valence-electron chi connectivity index (χ1n) is 6.55. The number of amides is 1. The highest BCUT2D eigenvalue weighted by Crippen LogP contribution is 2.22. The second-order valence-electron chi connectivity index (χ2n) is 4.69. The summed E-state index contributed by atoms with van der Waals surface area (Å²) in [6, 6.07) is 11.7. The van der Waals surface area contributed by atoms with Gasteiger partial charge in [-0.25, -0.2) is 0 Å². The van der Waals surface area contributed by atoms with Crippen molar-refractivity contribution >= 4 is 46.3 Å². The molecule has 22 heavy (non-hydrogen) atoms. The van der Waals surface area contributed by atoms with Crippen LogP contribution in [0.3, 0.4) is 0 Å². The quantitative estimate of drug-likeness (QED) is 0.802. The maximum atomic E-state index is 11.9. The molecule has 0 aromatic heterocycles. The van der Waals surface area contributed by atoms with Crippen molar-refractivity contribution in [2.75, 3.05) is 17.2 Å². The van der Waals surface area contributed by atoms with E-state index in [0.717, 1.165) is 0 Å². The highest BCUT2D eigenvalue weighted by atomic mass is 35.5. The van der Waals surface area contributed by atoms with Gasteiger partial charge in [0.05, 0.1) is 6.54 Å². The topological polar surface area (TPSA) is 58.2 Å². The Balaban J connectivity index is 1.91. The Hall–Kier alpha value is -2.04. The summed E-state index contributed by atoms with van der Waals surface area (Å²) >= 11 is 11.8. The average Bonchev–Trinajstić information content (AvgIpc) is 2.45. The molecule has 0 atom stereocenters. The van der Waals surface area contributed by atoms with Crippen molar-refractivity contribution in [3.05, 3.63) is 58.1 Å². The van der Waals surface area contributed by atoms with Gasteiger partial charge in [0.2, 0.25) is 5.91 Å². The molecule has 0 bridgehead atoms. The zero-order chi connectivity index (χ0) is 16.1. The van der Waals surface area contributed by atoms with E-state index in [2.05, 4.69) is 10.6 Å². The van der Waals surface area contributed by atoms with Gasteiger partial charge in [-0.1, -0.05) is 23.2 Å². The van der Waals surface area contributed by atoms with Crippen LogP contribution in [0, 0.1) is 0 Å². The number of carbonyl (C=O) groups excluding carboxylic acids is 2. The summed E-state index contributed by atoms with van der Waals surface area (Å²) < 4.78 is 0. The van der Waals surface area contributed by atoms with E-state index in [1.54, 1.807) is 42.5 Å². The molecule has 0 heterocycles. The van der Waals surface area contributed by atoms with Crippen molar-refractivity contribution in [1.82, 2.24) is 0 Å². The van der Waals surface area contributed by atoms with Gasteiger partial charge in [-0.05, 0) is 49.4 Å². The number of Topliss-reactive ketones (excluding diaryl/α,β-unsaturated/α-hetero) is 1. The first-order valence-corrected chi connectivity index (χ1v) is 7.30. The molecule has 0 aliphatic rings. The molecule has 2 rings (SSSR count). The lowest BCUT2D eigenvalue weighted by Gasteiger charge is -2.09. The van der Waals surface area contributed by atoms with Gasteiger partial charge >= 0.3 is 0 Å². The molecular formula is C16H14Cl2N2O2. The van der Waals surface area contributed by atoms with Crippen LogP contribution in [0.15, 0.2) is 42.5 Å². The molecule has 0 saturated carbocycles. The van der Waals surface area contributed by atoms with E-state index in [9.17, 15) is 9.59 Å². The number of ketones is 1. The van der Waals surface area contributed by atoms with Crippen molar-refractivity contribution < 1.29 is 9.59 Å². The molecule has 0 aliphatic carbocycles. The first-order chi connectivity index (χ1) is 10.4. The molecule has 0 fully saturated rings. The molecule has 2 N–H and O–H groups in total. The van der Waals surface area contributed by atoms with Crippen molar-refractivity contribution in [1.29, 1.82) is 0 Å². The smallest absolute Gasteiger partial charge is 0.243 e. The summed E-state index contributed by atoms with van der Waals surface area (Å²) in [4.78, 5) is 23.0. The van der Waals surface area contributed by atoms with Crippen LogP contribution in [0.25, 0.3) is 0 Å². The summed E-state index contributed by atoms with van der Waals surface area (Å²) in [5, 5.41) is 6.66. The van der Waals surface area contributed by atoms with E-state index < -0.39 is 0 Å². The predicted octanol–water partition coefficient (Wildman–Crippen LogP) is 4.25. The summed E-state index contributed by atoms with van der Waals surface area (Å²) in [6.45, 7) is 1.57. The fourth-order valence-electron chi connectivity index (χ4n) is 1.83. The van der Waals surface area contributed by atoms with Crippen LogP contribution in [0.4, 0.5) is 11.4 Å². The summed E-state index contributed by atoms with van der Waals surface area (Å²) in [6.07, 6.45) is 0. The van der Waals surface area contributed by atoms with Gasteiger partial charge in [-0.15, -0.1) is 0 Å². The lowest BCUT2D eigenvalue weighted by atomic mass is 10.1. The Bertz CT molecular complexity index is 680. The first kappa shape index (κ1) is 16.3. The second-order valence-corrected chi connectivity index (χ2v) is 5.57. The Labute approximate surface area is 138 Å². The third kappa shape index (κ3) is 4.76. The molecule has 0 spiro atoms. The van der Waals surface area contributed by atoms with E-state index in [4.69, 9.17) is 23.2 Å². The Kier molecular flexibility index (Phi) is 5.41. The number of hydrogen-bond donors (Lipinski definition) is 2. The minimum Gasteiger partial charge on any atom is -0.376 e. The molecule has 2 aromatic rings. The van der Waals surface area contributed by atoms with Gasteiger partial charge in [0.1, 0.15) is 0 Å². The molecule has 4 nitrogen and oxygen atoms in total. The zero-order valence-electron chi connectivity index (χ0n) is 11.8. The Morgan fingerprint density at radius 3 is 2.09 bits per heavy atom. The Morgan fingerprint density at radius 1 is 0.955 bits per heavy atom.